The number of pyridine rings is 1. The standard InChI is InChI=1S/C14H19N5O/c1-11(2)19(9-13-5-3-4-6-16-13)14(20)10-18-8-12(15)7-17-18/h3-8,11H,9-10,15H2,1-2H3. The van der Waals surface area contributed by atoms with Gasteiger partial charge >= 0.3 is 0 Å². The largest absolute Gasteiger partial charge is 0.396 e. The molecule has 0 aliphatic heterocycles. The number of rotatable bonds is 5. The van der Waals surface area contributed by atoms with E-state index in [2.05, 4.69) is 10.1 Å². The van der Waals surface area contributed by atoms with Gasteiger partial charge in [-0.25, -0.2) is 0 Å². The first-order valence-electron chi connectivity index (χ1n) is 6.53. The van der Waals surface area contributed by atoms with Crippen LogP contribution in [0.4, 0.5) is 5.69 Å². The average molecular weight is 273 g/mol. The first-order chi connectivity index (χ1) is 9.56. The van der Waals surface area contributed by atoms with Gasteiger partial charge in [-0.1, -0.05) is 6.07 Å². The highest BCUT2D eigenvalue weighted by Crippen LogP contribution is 2.08. The molecule has 1 amide bonds. The molecule has 0 bridgehead atoms. The molecular formula is C14H19N5O. The van der Waals surface area contributed by atoms with E-state index < -0.39 is 0 Å². The zero-order valence-electron chi connectivity index (χ0n) is 11.7. The summed E-state index contributed by atoms with van der Waals surface area (Å²) in [4.78, 5) is 18.4. The lowest BCUT2D eigenvalue weighted by atomic mass is 10.2. The van der Waals surface area contributed by atoms with Crippen LogP contribution in [0.1, 0.15) is 19.5 Å². The van der Waals surface area contributed by atoms with Crippen LogP contribution in [0.5, 0.6) is 0 Å². The van der Waals surface area contributed by atoms with Crippen molar-refractivity contribution in [1.29, 1.82) is 0 Å². The van der Waals surface area contributed by atoms with Gasteiger partial charge in [-0.05, 0) is 26.0 Å². The SMILES string of the molecule is CC(C)N(Cc1ccccn1)C(=O)Cn1cc(N)cn1. The third-order valence-corrected chi connectivity index (χ3v) is 2.95. The highest BCUT2D eigenvalue weighted by molar-refractivity contribution is 5.76. The van der Waals surface area contributed by atoms with E-state index in [1.54, 1.807) is 22.0 Å². The number of hydrogen-bond acceptors (Lipinski definition) is 4. The van der Waals surface area contributed by atoms with Crippen molar-refractivity contribution in [3.63, 3.8) is 0 Å². The zero-order valence-corrected chi connectivity index (χ0v) is 11.7. The van der Waals surface area contributed by atoms with Gasteiger partial charge in [0, 0.05) is 18.4 Å². The monoisotopic (exact) mass is 273 g/mol. The molecule has 0 radical (unpaired) electrons. The maximum Gasteiger partial charge on any atom is 0.244 e. The molecule has 0 spiro atoms. The van der Waals surface area contributed by atoms with Gasteiger partial charge in [-0.15, -0.1) is 0 Å². The molecule has 2 heterocycles. The summed E-state index contributed by atoms with van der Waals surface area (Å²) in [5.41, 5.74) is 7.02. The summed E-state index contributed by atoms with van der Waals surface area (Å²) >= 11 is 0. The Morgan fingerprint density at radius 1 is 1.45 bits per heavy atom. The Balaban J connectivity index is 2.06. The van der Waals surface area contributed by atoms with Gasteiger partial charge in [0.05, 0.1) is 24.1 Å². The summed E-state index contributed by atoms with van der Waals surface area (Å²) in [5.74, 6) is -0.00578. The number of anilines is 1. The minimum Gasteiger partial charge on any atom is -0.396 e. The maximum atomic E-state index is 12.4. The van der Waals surface area contributed by atoms with E-state index in [1.165, 1.54) is 6.20 Å². The van der Waals surface area contributed by atoms with E-state index in [4.69, 9.17) is 5.73 Å². The Hall–Kier alpha value is -2.37. The molecule has 2 rings (SSSR count). The molecule has 0 aliphatic carbocycles. The van der Waals surface area contributed by atoms with E-state index in [0.717, 1.165) is 5.69 Å². The van der Waals surface area contributed by atoms with Crippen molar-refractivity contribution in [1.82, 2.24) is 19.7 Å². The summed E-state index contributed by atoms with van der Waals surface area (Å²) in [7, 11) is 0. The lowest BCUT2D eigenvalue weighted by Crippen LogP contribution is -2.38. The molecule has 106 valence electrons. The van der Waals surface area contributed by atoms with Crippen LogP contribution >= 0.6 is 0 Å². The van der Waals surface area contributed by atoms with Crippen LogP contribution in [0.2, 0.25) is 0 Å². The van der Waals surface area contributed by atoms with E-state index in [9.17, 15) is 4.79 Å². The molecule has 0 unspecified atom stereocenters. The van der Waals surface area contributed by atoms with E-state index in [1.807, 2.05) is 32.0 Å². The van der Waals surface area contributed by atoms with Gasteiger partial charge < -0.3 is 10.6 Å². The molecular weight excluding hydrogens is 254 g/mol. The molecule has 0 atom stereocenters. The third-order valence-electron chi connectivity index (χ3n) is 2.95. The number of amides is 1. The number of carbonyl (C=O) groups excluding carboxylic acids is 1. The minimum absolute atomic E-state index is 0.00578. The Morgan fingerprint density at radius 2 is 2.25 bits per heavy atom. The minimum atomic E-state index is -0.00578. The fourth-order valence-corrected chi connectivity index (χ4v) is 1.92. The van der Waals surface area contributed by atoms with Gasteiger partial charge in [-0.2, -0.15) is 5.10 Å². The van der Waals surface area contributed by atoms with Crippen molar-refractivity contribution < 1.29 is 4.79 Å². The lowest BCUT2D eigenvalue weighted by Gasteiger charge is -2.26. The predicted octanol–water partition coefficient (Wildman–Crippen LogP) is 1.30. The molecule has 0 fully saturated rings. The summed E-state index contributed by atoms with van der Waals surface area (Å²) in [6.07, 6.45) is 4.91. The summed E-state index contributed by atoms with van der Waals surface area (Å²) in [6.45, 7) is 4.65. The maximum absolute atomic E-state index is 12.4. The second-order valence-electron chi connectivity index (χ2n) is 4.91. The fourth-order valence-electron chi connectivity index (χ4n) is 1.92. The van der Waals surface area contributed by atoms with Crippen molar-refractivity contribution in [2.75, 3.05) is 5.73 Å². The second-order valence-corrected chi connectivity index (χ2v) is 4.91. The van der Waals surface area contributed by atoms with Crippen molar-refractivity contribution in [2.24, 2.45) is 0 Å². The smallest absolute Gasteiger partial charge is 0.244 e. The number of hydrogen-bond donors (Lipinski definition) is 1. The molecule has 6 nitrogen and oxygen atoms in total. The predicted molar refractivity (Wildman–Crippen MR) is 76.6 cm³/mol. The van der Waals surface area contributed by atoms with Crippen LogP contribution in [0.25, 0.3) is 0 Å². The Bertz CT molecular complexity index is 564. The van der Waals surface area contributed by atoms with Crippen molar-refractivity contribution in [3.8, 4) is 0 Å². The summed E-state index contributed by atoms with van der Waals surface area (Å²) in [6, 6.07) is 5.78. The van der Waals surface area contributed by atoms with Crippen molar-refractivity contribution >= 4 is 11.6 Å². The molecule has 0 aromatic carbocycles. The molecule has 6 heteroatoms. The first-order valence-corrected chi connectivity index (χ1v) is 6.53. The highest BCUT2D eigenvalue weighted by atomic mass is 16.2. The summed E-state index contributed by atoms with van der Waals surface area (Å²) in [5, 5.41) is 4.03. The van der Waals surface area contributed by atoms with E-state index in [-0.39, 0.29) is 18.5 Å². The number of nitrogens with zero attached hydrogens (tertiary/aromatic N) is 4. The molecule has 2 N–H and O–H groups in total. The van der Waals surface area contributed by atoms with Gasteiger partial charge in [0.25, 0.3) is 0 Å². The number of aromatic nitrogens is 3. The van der Waals surface area contributed by atoms with Gasteiger partial charge in [0.2, 0.25) is 5.91 Å². The Kier molecular flexibility index (Phi) is 4.34. The van der Waals surface area contributed by atoms with Gasteiger partial charge in [-0.3, -0.25) is 14.5 Å². The van der Waals surface area contributed by atoms with Crippen molar-refractivity contribution in [2.45, 2.75) is 33.0 Å². The van der Waals surface area contributed by atoms with Crippen LogP contribution in [0.15, 0.2) is 36.8 Å². The number of nitrogen functional groups attached to an aromatic ring is 1. The normalized spacial score (nSPS) is 10.8. The molecule has 0 saturated carbocycles. The van der Waals surface area contributed by atoms with Gasteiger partial charge in [0.1, 0.15) is 6.54 Å². The van der Waals surface area contributed by atoms with Crippen LogP contribution < -0.4 is 5.73 Å². The second kappa shape index (κ2) is 6.18. The van der Waals surface area contributed by atoms with Crippen LogP contribution in [0, 0.1) is 0 Å². The van der Waals surface area contributed by atoms with E-state index >= 15 is 0 Å². The topological polar surface area (TPSA) is 77.0 Å². The van der Waals surface area contributed by atoms with Crippen LogP contribution in [-0.4, -0.2) is 31.6 Å². The Morgan fingerprint density at radius 3 is 2.80 bits per heavy atom. The van der Waals surface area contributed by atoms with E-state index in [0.29, 0.717) is 12.2 Å². The summed E-state index contributed by atoms with van der Waals surface area (Å²) < 4.78 is 1.55. The molecule has 2 aromatic heterocycles. The Labute approximate surface area is 118 Å². The number of carbonyl (C=O) groups is 1. The van der Waals surface area contributed by atoms with Crippen molar-refractivity contribution in [3.05, 3.63) is 42.5 Å². The third kappa shape index (κ3) is 3.57. The molecule has 0 saturated heterocycles. The fraction of sp³-hybridized carbons (Fsp3) is 0.357. The van der Waals surface area contributed by atoms with Gasteiger partial charge in [0.15, 0.2) is 0 Å². The average Bonchev–Trinajstić information content (AvgIpc) is 2.82. The number of nitrogens with two attached hydrogens (primary N) is 1. The van der Waals surface area contributed by atoms with Crippen LogP contribution in [-0.2, 0) is 17.9 Å². The molecule has 2 aromatic rings. The van der Waals surface area contributed by atoms with Crippen LogP contribution in [0.3, 0.4) is 0 Å². The molecule has 0 aliphatic rings. The first kappa shape index (κ1) is 14.0. The zero-order chi connectivity index (χ0) is 14.5. The lowest BCUT2D eigenvalue weighted by molar-refractivity contribution is -0.134. The molecule has 20 heavy (non-hydrogen) atoms. The quantitative estimate of drug-likeness (QED) is 0.890. The highest BCUT2D eigenvalue weighted by Gasteiger charge is 2.18.